The molecule has 116 valence electrons. The van der Waals surface area contributed by atoms with Crippen molar-refractivity contribution < 1.29 is 5.11 Å². The second kappa shape index (κ2) is 7.84. The molecule has 2 unspecified atom stereocenters. The number of phenolic OH excluding ortho intramolecular Hbond substituents is 1. The first-order chi connectivity index (χ1) is 10.6. The third kappa shape index (κ3) is 4.24. The lowest BCUT2D eigenvalue weighted by Gasteiger charge is -2.21. The summed E-state index contributed by atoms with van der Waals surface area (Å²) in [5.74, 6) is 1.39. The maximum atomic E-state index is 9.43. The van der Waals surface area contributed by atoms with E-state index in [4.69, 9.17) is 0 Å². The van der Waals surface area contributed by atoms with Gasteiger partial charge in [-0.1, -0.05) is 56.3 Å². The van der Waals surface area contributed by atoms with E-state index in [1.165, 1.54) is 16.7 Å². The summed E-state index contributed by atoms with van der Waals surface area (Å²) in [4.78, 5) is 0. The maximum absolute atomic E-state index is 9.43. The highest BCUT2D eigenvalue weighted by Gasteiger charge is 2.15. The van der Waals surface area contributed by atoms with Crippen LogP contribution in [0.25, 0.3) is 0 Å². The molecule has 2 aromatic rings. The molecule has 2 atom stereocenters. The largest absolute Gasteiger partial charge is 0.508 e. The monoisotopic (exact) mass is 294 g/mol. The van der Waals surface area contributed by atoms with Crippen LogP contribution in [0.2, 0.25) is 0 Å². The second-order valence-corrected chi connectivity index (χ2v) is 6.07. The van der Waals surface area contributed by atoms with Gasteiger partial charge >= 0.3 is 0 Å². The van der Waals surface area contributed by atoms with Crippen molar-refractivity contribution in [2.75, 3.05) is 0 Å². The lowest BCUT2D eigenvalue weighted by atomic mass is 9.84. The number of rotatable bonds is 7. The fraction of sp³-hybridized carbons (Fsp3) is 0.333. The van der Waals surface area contributed by atoms with Gasteiger partial charge < -0.3 is 5.11 Å². The molecule has 1 N–H and O–H groups in total. The van der Waals surface area contributed by atoms with Crippen molar-refractivity contribution in [1.82, 2.24) is 0 Å². The minimum atomic E-state index is 0.337. The topological polar surface area (TPSA) is 20.2 Å². The number of hydrogen-bond donors (Lipinski definition) is 1. The van der Waals surface area contributed by atoms with Gasteiger partial charge in [0.15, 0.2) is 0 Å². The smallest absolute Gasteiger partial charge is 0.115 e. The van der Waals surface area contributed by atoms with Gasteiger partial charge in [-0.2, -0.15) is 0 Å². The first-order valence-corrected chi connectivity index (χ1v) is 8.12. The average molecular weight is 294 g/mol. The van der Waals surface area contributed by atoms with Crippen molar-refractivity contribution in [3.63, 3.8) is 0 Å². The van der Waals surface area contributed by atoms with Crippen molar-refractivity contribution in [2.45, 2.75) is 44.9 Å². The van der Waals surface area contributed by atoms with E-state index in [0.717, 1.165) is 19.3 Å². The Hall–Kier alpha value is -2.02. The first-order valence-electron chi connectivity index (χ1n) is 8.12. The molecule has 0 bridgehead atoms. The summed E-state index contributed by atoms with van der Waals surface area (Å²) in [5.41, 5.74) is 4.02. The van der Waals surface area contributed by atoms with Crippen LogP contribution < -0.4 is 0 Å². The van der Waals surface area contributed by atoms with Crippen molar-refractivity contribution in [3.8, 4) is 5.75 Å². The number of aromatic hydroxyl groups is 1. The molecule has 0 spiro atoms. The SMILES string of the molecule is C=CCc1ccc(C(C)CC(CC)c2ccc(O)cc2)cc1. The molecule has 0 saturated heterocycles. The van der Waals surface area contributed by atoms with Crippen LogP contribution in [-0.2, 0) is 6.42 Å². The van der Waals surface area contributed by atoms with Gasteiger partial charge in [0.2, 0.25) is 0 Å². The van der Waals surface area contributed by atoms with Gasteiger partial charge in [0.1, 0.15) is 5.75 Å². The molecule has 0 amide bonds. The first kappa shape index (κ1) is 16.4. The maximum Gasteiger partial charge on any atom is 0.115 e. The molecule has 0 saturated carbocycles. The molecule has 2 rings (SSSR count). The van der Waals surface area contributed by atoms with Crippen LogP contribution in [0.4, 0.5) is 0 Å². The Kier molecular flexibility index (Phi) is 5.83. The summed E-state index contributed by atoms with van der Waals surface area (Å²) < 4.78 is 0. The Bertz CT molecular complexity index is 580. The van der Waals surface area contributed by atoms with Gasteiger partial charge in [0, 0.05) is 0 Å². The molecular formula is C21H26O. The standard InChI is InChI=1S/C21H26O/c1-4-6-17-7-9-19(10-8-17)16(3)15-18(5-2)20-11-13-21(22)14-12-20/h4,7-14,16,18,22H,1,5-6,15H2,2-3H3. The van der Waals surface area contributed by atoms with E-state index in [0.29, 0.717) is 17.6 Å². The summed E-state index contributed by atoms with van der Waals surface area (Å²) >= 11 is 0. The third-order valence-electron chi connectivity index (χ3n) is 4.42. The van der Waals surface area contributed by atoms with Crippen LogP contribution in [0.1, 0.15) is 55.2 Å². The van der Waals surface area contributed by atoms with E-state index >= 15 is 0 Å². The molecule has 0 aliphatic rings. The van der Waals surface area contributed by atoms with Gasteiger partial charge in [-0.25, -0.2) is 0 Å². The minimum absolute atomic E-state index is 0.337. The van der Waals surface area contributed by atoms with E-state index in [1.54, 1.807) is 12.1 Å². The van der Waals surface area contributed by atoms with E-state index in [2.05, 4.69) is 44.7 Å². The lowest BCUT2D eigenvalue weighted by molar-refractivity contribution is 0.474. The molecule has 1 heteroatoms. The van der Waals surface area contributed by atoms with Crippen LogP contribution in [0, 0.1) is 0 Å². The number of allylic oxidation sites excluding steroid dienone is 1. The molecule has 0 aliphatic carbocycles. The Morgan fingerprint density at radius 1 is 1.00 bits per heavy atom. The van der Waals surface area contributed by atoms with Crippen molar-refractivity contribution in [2.24, 2.45) is 0 Å². The van der Waals surface area contributed by atoms with E-state index < -0.39 is 0 Å². The molecule has 1 nitrogen and oxygen atoms in total. The highest BCUT2D eigenvalue weighted by Crippen LogP contribution is 2.32. The lowest BCUT2D eigenvalue weighted by Crippen LogP contribution is -2.04. The third-order valence-corrected chi connectivity index (χ3v) is 4.42. The molecule has 22 heavy (non-hydrogen) atoms. The Labute approximate surface area is 134 Å². The van der Waals surface area contributed by atoms with Crippen molar-refractivity contribution in [1.29, 1.82) is 0 Å². The van der Waals surface area contributed by atoms with Gasteiger partial charge in [0.25, 0.3) is 0 Å². The van der Waals surface area contributed by atoms with Crippen molar-refractivity contribution in [3.05, 3.63) is 77.9 Å². The highest BCUT2D eigenvalue weighted by atomic mass is 16.3. The van der Waals surface area contributed by atoms with E-state index in [9.17, 15) is 5.11 Å². The summed E-state index contributed by atoms with van der Waals surface area (Å²) in [5, 5.41) is 9.43. The zero-order valence-electron chi connectivity index (χ0n) is 13.6. The van der Waals surface area contributed by atoms with E-state index in [1.807, 2.05) is 18.2 Å². The number of benzene rings is 2. The van der Waals surface area contributed by atoms with Gasteiger partial charge in [-0.15, -0.1) is 6.58 Å². The van der Waals surface area contributed by atoms with E-state index in [-0.39, 0.29) is 0 Å². The van der Waals surface area contributed by atoms with Crippen LogP contribution in [0.15, 0.2) is 61.2 Å². The molecule has 0 radical (unpaired) electrons. The van der Waals surface area contributed by atoms with Crippen LogP contribution in [0.3, 0.4) is 0 Å². The molecule has 0 aromatic heterocycles. The fourth-order valence-corrected chi connectivity index (χ4v) is 3.00. The summed E-state index contributed by atoms with van der Waals surface area (Å²) in [6.45, 7) is 8.32. The predicted octanol–water partition coefficient (Wildman–Crippen LogP) is 5.81. The number of phenols is 1. The second-order valence-electron chi connectivity index (χ2n) is 6.07. The predicted molar refractivity (Wildman–Crippen MR) is 94.5 cm³/mol. The highest BCUT2D eigenvalue weighted by molar-refractivity contribution is 5.30. The summed E-state index contributed by atoms with van der Waals surface area (Å²) in [7, 11) is 0. The van der Waals surface area contributed by atoms with Crippen LogP contribution in [0.5, 0.6) is 5.75 Å². The van der Waals surface area contributed by atoms with Gasteiger partial charge in [-0.3, -0.25) is 0 Å². The molecular weight excluding hydrogens is 268 g/mol. The molecule has 2 aromatic carbocycles. The Morgan fingerprint density at radius 3 is 2.14 bits per heavy atom. The summed E-state index contributed by atoms with van der Waals surface area (Å²) in [6, 6.07) is 16.6. The Morgan fingerprint density at radius 2 is 1.59 bits per heavy atom. The molecule has 0 aliphatic heterocycles. The van der Waals surface area contributed by atoms with Gasteiger partial charge in [-0.05, 0) is 59.9 Å². The number of hydrogen-bond acceptors (Lipinski definition) is 1. The van der Waals surface area contributed by atoms with Crippen molar-refractivity contribution >= 4 is 0 Å². The summed E-state index contributed by atoms with van der Waals surface area (Å²) in [6.07, 6.45) is 5.11. The average Bonchev–Trinajstić information content (AvgIpc) is 2.54. The zero-order valence-corrected chi connectivity index (χ0v) is 13.6. The van der Waals surface area contributed by atoms with Crippen LogP contribution in [-0.4, -0.2) is 5.11 Å². The minimum Gasteiger partial charge on any atom is -0.508 e. The quantitative estimate of drug-likeness (QED) is 0.639. The zero-order chi connectivity index (χ0) is 15.9. The Balaban J connectivity index is 2.06. The fourth-order valence-electron chi connectivity index (χ4n) is 3.00. The molecule has 0 fully saturated rings. The van der Waals surface area contributed by atoms with Crippen LogP contribution >= 0.6 is 0 Å². The molecule has 0 heterocycles. The normalized spacial score (nSPS) is 13.5. The van der Waals surface area contributed by atoms with Gasteiger partial charge in [0.05, 0.1) is 0 Å².